The van der Waals surface area contributed by atoms with Gasteiger partial charge in [0.15, 0.2) is 0 Å². The van der Waals surface area contributed by atoms with Crippen LogP contribution in [0.1, 0.15) is 19.8 Å². The molecule has 1 aliphatic carbocycles. The summed E-state index contributed by atoms with van der Waals surface area (Å²) in [5.74, 6) is -0.107. The second kappa shape index (κ2) is 2.67. The van der Waals surface area contributed by atoms with E-state index in [9.17, 15) is 4.79 Å². The van der Waals surface area contributed by atoms with Crippen LogP contribution >= 0.6 is 0 Å². The Kier molecular flexibility index (Phi) is 1.88. The highest BCUT2D eigenvalue weighted by atomic mass is 16.5. The van der Waals surface area contributed by atoms with Gasteiger partial charge in [0.25, 0.3) is 0 Å². The van der Waals surface area contributed by atoms with Crippen molar-refractivity contribution in [2.24, 2.45) is 0 Å². The average molecular weight is 126 g/mol. The summed E-state index contributed by atoms with van der Waals surface area (Å²) >= 11 is 0. The minimum absolute atomic E-state index is 0.0810. The van der Waals surface area contributed by atoms with Gasteiger partial charge in [0, 0.05) is 12.8 Å². The van der Waals surface area contributed by atoms with Crippen molar-refractivity contribution in [1.82, 2.24) is 0 Å². The molecule has 9 heavy (non-hydrogen) atoms. The van der Waals surface area contributed by atoms with Crippen molar-refractivity contribution in [2.45, 2.75) is 25.9 Å². The smallest absolute Gasteiger partial charge is 0.306 e. The third-order valence-electron chi connectivity index (χ3n) is 1.29. The Labute approximate surface area is 54.5 Å². The van der Waals surface area contributed by atoms with Gasteiger partial charge in [-0.25, -0.2) is 0 Å². The minimum Gasteiger partial charge on any atom is -0.458 e. The molecular formula is C7H10O2. The van der Waals surface area contributed by atoms with Crippen molar-refractivity contribution in [3.8, 4) is 0 Å². The van der Waals surface area contributed by atoms with Crippen LogP contribution in [0.25, 0.3) is 0 Å². The molecule has 2 nitrogen and oxygen atoms in total. The van der Waals surface area contributed by atoms with Crippen molar-refractivity contribution in [2.75, 3.05) is 0 Å². The van der Waals surface area contributed by atoms with Crippen molar-refractivity contribution >= 4 is 5.97 Å². The zero-order chi connectivity index (χ0) is 6.69. The Balaban J connectivity index is 2.17. The Morgan fingerprint density at radius 2 is 2.56 bits per heavy atom. The van der Waals surface area contributed by atoms with Gasteiger partial charge in [-0.05, 0) is 6.08 Å². The molecule has 0 radical (unpaired) electrons. The Bertz CT molecular complexity index is 138. The second-order valence-electron chi connectivity index (χ2n) is 2.05. The van der Waals surface area contributed by atoms with E-state index in [-0.39, 0.29) is 12.1 Å². The summed E-state index contributed by atoms with van der Waals surface area (Å²) in [5.41, 5.74) is 0. The summed E-state index contributed by atoms with van der Waals surface area (Å²) < 4.78 is 4.91. The molecule has 0 aromatic carbocycles. The highest BCUT2D eigenvalue weighted by Crippen LogP contribution is 2.12. The Morgan fingerprint density at radius 3 is 2.89 bits per heavy atom. The number of hydrogen-bond donors (Lipinski definition) is 0. The molecule has 0 fully saturated rings. The highest BCUT2D eigenvalue weighted by Gasteiger charge is 2.13. The lowest BCUT2D eigenvalue weighted by Crippen LogP contribution is -2.18. The Hall–Kier alpha value is -0.790. The number of hydrogen-bond acceptors (Lipinski definition) is 2. The van der Waals surface area contributed by atoms with Crippen molar-refractivity contribution < 1.29 is 9.53 Å². The fraction of sp³-hybridized carbons (Fsp3) is 0.571. The van der Waals surface area contributed by atoms with Crippen molar-refractivity contribution in [1.29, 1.82) is 0 Å². The third kappa shape index (κ3) is 1.56. The summed E-state index contributed by atoms with van der Waals surface area (Å²) in [6.45, 7) is 1.80. The highest BCUT2D eigenvalue weighted by molar-refractivity contribution is 5.69. The number of ether oxygens (including phenoxy) is 1. The maximum absolute atomic E-state index is 10.6. The van der Waals surface area contributed by atoms with Gasteiger partial charge in [-0.2, -0.15) is 0 Å². The first-order chi connectivity index (χ1) is 4.33. The summed E-state index contributed by atoms with van der Waals surface area (Å²) in [7, 11) is 0. The van der Waals surface area contributed by atoms with Gasteiger partial charge in [-0.15, -0.1) is 0 Å². The second-order valence-corrected chi connectivity index (χ2v) is 2.05. The predicted molar refractivity (Wildman–Crippen MR) is 33.9 cm³/mol. The van der Waals surface area contributed by atoms with Gasteiger partial charge < -0.3 is 4.74 Å². The number of rotatable bonds is 2. The van der Waals surface area contributed by atoms with E-state index in [4.69, 9.17) is 4.74 Å². The summed E-state index contributed by atoms with van der Waals surface area (Å²) in [6, 6.07) is 0. The molecule has 1 unspecified atom stereocenters. The van der Waals surface area contributed by atoms with E-state index in [2.05, 4.69) is 0 Å². The van der Waals surface area contributed by atoms with Crippen LogP contribution in [0, 0.1) is 0 Å². The van der Waals surface area contributed by atoms with Crippen molar-refractivity contribution in [3.63, 3.8) is 0 Å². The molecule has 0 aliphatic heterocycles. The van der Waals surface area contributed by atoms with Crippen LogP contribution in [0.3, 0.4) is 0 Å². The van der Waals surface area contributed by atoms with Gasteiger partial charge in [0.2, 0.25) is 0 Å². The normalized spacial score (nSPS) is 23.0. The van der Waals surface area contributed by atoms with E-state index in [1.807, 2.05) is 12.2 Å². The number of carbonyl (C=O) groups is 1. The Morgan fingerprint density at radius 1 is 1.89 bits per heavy atom. The van der Waals surface area contributed by atoms with Crippen LogP contribution < -0.4 is 0 Å². The number of esters is 1. The number of carbonyl (C=O) groups excluding carboxylic acids is 1. The predicted octanol–water partition coefficient (Wildman–Crippen LogP) is 1.27. The molecule has 1 aliphatic rings. The van der Waals surface area contributed by atoms with Crippen LogP contribution in [0.2, 0.25) is 0 Å². The van der Waals surface area contributed by atoms with Crippen LogP contribution in [0.15, 0.2) is 12.2 Å². The van der Waals surface area contributed by atoms with E-state index < -0.39 is 0 Å². The van der Waals surface area contributed by atoms with Gasteiger partial charge >= 0.3 is 5.97 Å². The molecule has 0 bridgehead atoms. The minimum atomic E-state index is -0.107. The molecule has 2 heteroatoms. The van der Waals surface area contributed by atoms with Gasteiger partial charge in [-0.3, -0.25) is 4.79 Å². The molecule has 50 valence electrons. The largest absolute Gasteiger partial charge is 0.458 e. The topological polar surface area (TPSA) is 26.3 Å². The summed E-state index contributed by atoms with van der Waals surface area (Å²) in [4.78, 5) is 10.6. The van der Waals surface area contributed by atoms with E-state index in [1.54, 1.807) is 6.92 Å². The average Bonchev–Trinajstić information content (AvgIpc) is 1.78. The van der Waals surface area contributed by atoms with E-state index >= 15 is 0 Å². The van der Waals surface area contributed by atoms with Gasteiger partial charge in [0.05, 0.1) is 0 Å². The molecule has 0 N–H and O–H groups in total. The van der Waals surface area contributed by atoms with Crippen LogP contribution in [-0.4, -0.2) is 12.1 Å². The van der Waals surface area contributed by atoms with Crippen LogP contribution in [0.4, 0.5) is 0 Å². The third-order valence-corrected chi connectivity index (χ3v) is 1.29. The van der Waals surface area contributed by atoms with Gasteiger partial charge in [-0.1, -0.05) is 13.0 Å². The molecule has 0 amide bonds. The molecular weight excluding hydrogens is 116 g/mol. The fourth-order valence-corrected chi connectivity index (χ4v) is 0.587. The fourth-order valence-electron chi connectivity index (χ4n) is 0.587. The van der Waals surface area contributed by atoms with Crippen LogP contribution in [-0.2, 0) is 9.53 Å². The maximum atomic E-state index is 10.6. The molecule has 1 rings (SSSR count). The molecule has 0 saturated carbocycles. The summed E-state index contributed by atoms with van der Waals surface area (Å²) in [6.07, 6.45) is 5.34. The molecule has 0 heterocycles. The molecule has 1 atom stereocenters. The molecule has 0 aromatic heterocycles. The summed E-state index contributed by atoms with van der Waals surface area (Å²) in [5, 5.41) is 0. The zero-order valence-electron chi connectivity index (χ0n) is 5.46. The first-order valence-corrected chi connectivity index (χ1v) is 3.19. The standard InChI is InChI=1S/C7H10O2/c1-2-7(8)9-6-4-3-5-6/h3-4,6H,2,5H2,1H3. The monoisotopic (exact) mass is 126 g/mol. The molecule has 0 aromatic rings. The molecule has 0 spiro atoms. The molecule has 0 saturated heterocycles. The van der Waals surface area contributed by atoms with Gasteiger partial charge in [0.1, 0.15) is 6.10 Å². The SMILES string of the molecule is CCC(=O)OC1C=CC1. The first kappa shape index (κ1) is 6.33. The lowest BCUT2D eigenvalue weighted by Gasteiger charge is -2.17. The maximum Gasteiger partial charge on any atom is 0.306 e. The zero-order valence-corrected chi connectivity index (χ0v) is 5.46. The quantitative estimate of drug-likeness (QED) is 0.411. The van der Waals surface area contributed by atoms with E-state index in [0.717, 1.165) is 6.42 Å². The lowest BCUT2D eigenvalue weighted by molar-refractivity contribution is -0.146. The lowest BCUT2D eigenvalue weighted by atomic mass is 10.1. The first-order valence-electron chi connectivity index (χ1n) is 3.19. The van der Waals surface area contributed by atoms with Crippen LogP contribution in [0.5, 0.6) is 0 Å². The van der Waals surface area contributed by atoms with E-state index in [1.165, 1.54) is 0 Å². The van der Waals surface area contributed by atoms with Crippen molar-refractivity contribution in [3.05, 3.63) is 12.2 Å². The van der Waals surface area contributed by atoms with E-state index in [0.29, 0.717) is 6.42 Å².